The van der Waals surface area contributed by atoms with Gasteiger partial charge in [0.2, 0.25) is 21.8 Å². The summed E-state index contributed by atoms with van der Waals surface area (Å²) in [5, 5.41) is 2.85. The Kier molecular flexibility index (Phi) is 5.38. The summed E-state index contributed by atoms with van der Waals surface area (Å²) in [6, 6.07) is 6.97. The Morgan fingerprint density at radius 2 is 1.96 bits per heavy atom. The fourth-order valence-electron chi connectivity index (χ4n) is 2.73. The Morgan fingerprint density at radius 3 is 2.62 bits per heavy atom. The number of anilines is 1. The summed E-state index contributed by atoms with van der Waals surface area (Å²) < 4.78 is 27.2. The lowest BCUT2D eigenvalue weighted by Crippen LogP contribution is -2.43. The molecule has 0 atom stereocenters. The fraction of sp³-hybridized carbons (Fsp3) is 0.353. The molecule has 0 radical (unpaired) electrons. The monoisotopic (exact) mass is 393 g/mol. The molecule has 0 unspecified atom stereocenters. The zero-order valence-corrected chi connectivity index (χ0v) is 15.9. The van der Waals surface area contributed by atoms with Crippen LogP contribution in [0.2, 0.25) is 0 Å². The van der Waals surface area contributed by atoms with Gasteiger partial charge in [0.05, 0.1) is 16.5 Å². The third-order valence-corrected chi connectivity index (χ3v) is 6.06. The molecule has 26 heavy (non-hydrogen) atoms. The maximum absolute atomic E-state index is 12.3. The Bertz CT molecular complexity index is 921. The molecule has 9 heteroatoms. The van der Waals surface area contributed by atoms with Crippen LogP contribution < -0.4 is 4.72 Å². The van der Waals surface area contributed by atoms with Crippen molar-refractivity contribution in [1.29, 1.82) is 0 Å². The highest BCUT2D eigenvalue weighted by Gasteiger charge is 2.27. The van der Waals surface area contributed by atoms with Gasteiger partial charge in [-0.1, -0.05) is 12.1 Å². The Hall–Kier alpha value is -2.26. The Labute approximate surface area is 156 Å². The number of nitrogens with one attached hydrogen (secondary N) is 1. The number of thiazole rings is 1. The topological polar surface area (TPSA) is 96.4 Å². The highest BCUT2D eigenvalue weighted by Crippen LogP contribution is 2.24. The van der Waals surface area contributed by atoms with Gasteiger partial charge < -0.3 is 0 Å². The van der Waals surface area contributed by atoms with E-state index in [1.54, 1.807) is 18.2 Å². The van der Waals surface area contributed by atoms with E-state index in [0.717, 1.165) is 21.2 Å². The number of aromatic nitrogens is 1. The number of carbonyl (C=O) groups is 2. The number of amides is 2. The number of sulfonamides is 1. The Morgan fingerprint density at radius 1 is 1.23 bits per heavy atom. The quantitative estimate of drug-likeness (QED) is 0.760. The van der Waals surface area contributed by atoms with E-state index in [1.165, 1.54) is 11.3 Å². The van der Waals surface area contributed by atoms with Crippen molar-refractivity contribution in [2.24, 2.45) is 0 Å². The number of piperidine rings is 1. The summed E-state index contributed by atoms with van der Waals surface area (Å²) in [4.78, 5) is 29.0. The van der Waals surface area contributed by atoms with Crippen LogP contribution in [0.3, 0.4) is 0 Å². The van der Waals surface area contributed by atoms with Crippen molar-refractivity contribution in [1.82, 2.24) is 9.88 Å². The van der Waals surface area contributed by atoms with E-state index in [4.69, 9.17) is 0 Å². The van der Waals surface area contributed by atoms with Gasteiger partial charge in [-0.15, -0.1) is 11.3 Å². The number of likely N-dealkylation sites (tertiary alicyclic amines) is 1. The second-order valence-corrected chi connectivity index (χ2v) is 8.95. The van der Waals surface area contributed by atoms with Crippen molar-refractivity contribution < 1.29 is 18.0 Å². The highest BCUT2D eigenvalue weighted by molar-refractivity contribution is 7.92. The van der Waals surface area contributed by atoms with Gasteiger partial charge in [-0.2, -0.15) is 0 Å². The second kappa shape index (κ2) is 7.55. The third kappa shape index (κ3) is 4.47. The van der Waals surface area contributed by atoms with Crippen LogP contribution in [0.25, 0.3) is 11.3 Å². The Balaban J connectivity index is 1.67. The summed E-state index contributed by atoms with van der Waals surface area (Å²) in [6.07, 6.45) is 1.10. The van der Waals surface area contributed by atoms with Crippen LogP contribution in [0.1, 0.15) is 24.3 Å². The maximum atomic E-state index is 12.3. The van der Waals surface area contributed by atoms with Crippen LogP contribution in [0.4, 0.5) is 5.69 Å². The van der Waals surface area contributed by atoms with E-state index in [9.17, 15) is 18.0 Å². The summed E-state index contributed by atoms with van der Waals surface area (Å²) >= 11 is 1.52. The van der Waals surface area contributed by atoms with Gasteiger partial charge in [0.15, 0.2) is 0 Å². The molecular weight excluding hydrogens is 374 g/mol. The zero-order valence-electron chi connectivity index (χ0n) is 14.3. The predicted octanol–water partition coefficient (Wildman–Crippen LogP) is 2.40. The van der Waals surface area contributed by atoms with Crippen LogP contribution >= 0.6 is 11.3 Å². The largest absolute Gasteiger partial charge is 0.283 e. The van der Waals surface area contributed by atoms with Crippen molar-refractivity contribution in [3.63, 3.8) is 0 Å². The number of benzene rings is 1. The first-order valence-corrected chi connectivity index (χ1v) is 10.7. The lowest BCUT2D eigenvalue weighted by Gasteiger charge is -2.24. The third-order valence-electron chi connectivity index (χ3n) is 4.02. The van der Waals surface area contributed by atoms with Crippen molar-refractivity contribution in [2.45, 2.75) is 26.2 Å². The molecule has 2 amide bonds. The predicted molar refractivity (Wildman–Crippen MR) is 100 cm³/mol. The average Bonchev–Trinajstić information content (AvgIpc) is 3.01. The van der Waals surface area contributed by atoms with Crippen molar-refractivity contribution >= 4 is 38.9 Å². The minimum absolute atomic E-state index is 0.127. The molecule has 0 bridgehead atoms. The van der Waals surface area contributed by atoms with Crippen LogP contribution in [-0.4, -0.2) is 42.4 Å². The molecule has 7 nitrogen and oxygen atoms in total. The first kappa shape index (κ1) is 18.5. The van der Waals surface area contributed by atoms with E-state index in [1.807, 2.05) is 18.4 Å². The molecule has 2 aromatic rings. The molecule has 0 saturated carbocycles. The number of hydrogen-bond acceptors (Lipinski definition) is 6. The summed E-state index contributed by atoms with van der Waals surface area (Å²) in [7, 11) is -3.69. The number of rotatable bonds is 6. The van der Waals surface area contributed by atoms with Crippen LogP contribution in [0.15, 0.2) is 29.6 Å². The van der Waals surface area contributed by atoms with E-state index in [0.29, 0.717) is 12.1 Å². The standard InChI is InChI=1S/C17H19N3O4S2/c1-12-18-15(11-25-12)13-4-2-5-14(10-13)19-26(23,24)9-8-20-16(21)6-3-7-17(20)22/h2,4-5,10-11,19H,3,6-9H2,1H3. The maximum Gasteiger partial charge on any atom is 0.234 e. The molecule has 3 rings (SSSR count). The van der Waals surface area contributed by atoms with E-state index >= 15 is 0 Å². The molecule has 0 aliphatic carbocycles. The van der Waals surface area contributed by atoms with Gasteiger partial charge in [-0.05, 0) is 25.5 Å². The number of hydrogen-bond donors (Lipinski definition) is 1. The van der Waals surface area contributed by atoms with E-state index in [2.05, 4.69) is 9.71 Å². The summed E-state index contributed by atoms with van der Waals surface area (Å²) in [6.45, 7) is 1.78. The minimum atomic E-state index is -3.69. The molecule has 2 heterocycles. The molecular formula is C17H19N3O4S2. The molecule has 1 aromatic carbocycles. The molecule has 1 aliphatic heterocycles. The number of carbonyl (C=O) groups excluding carboxylic acids is 2. The van der Waals surface area contributed by atoms with Gasteiger partial charge in [-0.3, -0.25) is 19.2 Å². The lowest BCUT2D eigenvalue weighted by molar-refractivity contribution is -0.147. The summed E-state index contributed by atoms with van der Waals surface area (Å²) in [5.41, 5.74) is 2.03. The molecule has 1 fully saturated rings. The SMILES string of the molecule is Cc1nc(-c2cccc(NS(=O)(=O)CCN3C(=O)CCCC3=O)c2)cs1. The first-order valence-electron chi connectivity index (χ1n) is 8.20. The number of imide groups is 1. The van der Waals surface area contributed by atoms with Gasteiger partial charge in [0, 0.05) is 36.0 Å². The first-order chi connectivity index (χ1) is 12.3. The zero-order chi connectivity index (χ0) is 18.7. The normalized spacial score (nSPS) is 15.3. The van der Waals surface area contributed by atoms with Gasteiger partial charge in [-0.25, -0.2) is 13.4 Å². The van der Waals surface area contributed by atoms with Crippen LogP contribution in [0.5, 0.6) is 0 Å². The average molecular weight is 393 g/mol. The van der Waals surface area contributed by atoms with Gasteiger partial charge >= 0.3 is 0 Å². The highest BCUT2D eigenvalue weighted by atomic mass is 32.2. The van der Waals surface area contributed by atoms with Gasteiger partial charge in [0.1, 0.15) is 0 Å². The molecule has 1 aliphatic rings. The number of nitrogens with zero attached hydrogens (tertiary/aromatic N) is 2. The van der Waals surface area contributed by atoms with Crippen LogP contribution in [-0.2, 0) is 19.6 Å². The van der Waals surface area contributed by atoms with Crippen LogP contribution in [0, 0.1) is 6.92 Å². The minimum Gasteiger partial charge on any atom is -0.283 e. The molecule has 1 aromatic heterocycles. The van der Waals surface area contributed by atoms with E-state index < -0.39 is 10.0 Å². The molecule has 0 spiro atoms. The van der Waals surface area contributed by atoms with Crippen molar-refractivity contribution in [2.75, 3.05) is 17.0 Å². The summed E-state index contributed by atoms with van der Waals surface area (Å²) in [5.74, 6) is -0.945. The second-order valence-electron chi connectivity index (χ2n) is 6.05. The molecule has 138 valence electrons. The smallest absolute Gasteiger partial charge is 0.234 e. The molecule has 1 saturated heterocycles. The van der Waals surface area contributed by atoms with E-state index in [-0.39, 0.29) is 37.0 Å². The van der Waals surface area contributed by atoms with Crippen molar-refractivity contribution in [3.8, 4) is 11.3 Å². The fourth-order valence-corrected chi connectivity index (χ4v) is 4.36. The van der Waals surface area contributed by atoms with Crippen molar-refractivity contribution in [3.05, 3.63) is 34.7 Å². The lowest BCUT2D eigenvalue weighted by atomic mass is 10.1. The van der Waals surface area contributed by atoms with Gasteiger partial charge in [0.25, 0.3) is 0 Å². The molecule has 1 N–H and O–H groups in total. The number of aryl methyl sites for hydroxylation is 1.